The fourth-order valence-electron chi connectivity index (χ4n) is 2.06. The van der Waals surface area contributed by atoms with Crippen LogP contribution in [0.25, 0.3) is 0 Å². The van der Waals surface area contributed by atoms with Crippen molar-refractivity contribution >= 4 is 11.5 Å². The van der Waals surface area contributed by atoms with Gasteiger partial charge in [-0.1, -0.05) is 0 Å². The van der Waals surface area contributed by atoms with E-state index in [1.54, 1.807) is 6.92 Å². The maximum atomic E-state index is 7.75. The smallest absolute Gasteiger partial charge is 0.136 e. The molecule has 0 saturated carbocycles. The molecule has 5 nitrogen and oxygen atoms in total. The van der Waals surface area contributed by atoms with Gasteiger partial charge in [-0.3, -0.25) is 0 Å². The van der Waals surface area contributed by atoms with Crippen LogP contribution in [0.3, 0.4) is 0 Å². The van der Waals surface area contributed by atoms with Crippen LogP contribution in [0.1, 0.15) is 24.0 Å². The number of ether oxygens (including phenoxy) is 1. The van der Waals surface area contributed by atoms with Crippen LogP contribution in [0.5, 0.6) is 0 Å². The number of nitrogens with zero attached hydrogens (tertiary/aromatic N) is 3. The van der Waals surface area contributed by atoms with Crippen LogP contribution in [0.2, 0.25) is 0 Å². The summed E-state index contributed by atoms with van der Waals surface area (Å²) in [6.07, 6.45) is 0. The summed E-state index contributed by atoms with van der Waals surface area (Å²) in [4.78, 5) is 11.0. The third-order valence-electron chi connectivity index (χ3n) is 2.90. The number of aryl methyl sites for hydroxylation is 1. The van der Waals surface area contributed by atoms with E-state index in [2.05, 4.69) is 14.9 Å². The van der Waals surface area contributed by atoms with Crippen molar-refractivity contribution in [2.24, 2.45) is 0 Å². The molecule has 2 heterocycles. The minimum absolute atomic E-state index is 0.488. The lowest BCUT2D eigenvalue weighted by Gasteiger charge is -2.29. The minimum Gasteiger partial charge on any atom is -0.378 e. The van der Waals surface area contributed by atoms with Gasteiger partial charge in [-0.25, -0.2) is 9.97 Å². The van der Waals surface area contributed by atoms with E-state index in [9.17, 15) is 0 Å². The van der Waals surface area contributed by atoms with E-state index in [1.165, 1.54) is 0 Å². The van der Waals surface area contributed by atoms with Gasteiger partial charge in [0.15, 0.2) is 0 Å². The molecule has 92 valence electrons. The third-order valence-corrected chi connectivity index (χ3v) is 2.90. The van der Waals surface area contributed by atoms with Crippen LogP contribution in [0.15, 0.2) is 0 Å². The molecule has 1 saturated heterocycles. The molecule has 5 heteroatoms. The van der Waals surface area contributed by atoms with Gasteiger partial charge in [-0.2, -0.15) is 0 Å². The second-order valence-electron chi connectivity index (χ2n) is 4.29. The van der Waals surface area contributed by atoms with Gasteiger partial charge in [0, 0.05) is 18.7 Å². The zero-order valence-corrected chi connectivity index (χ0v) is 10.6. The number of nitrogens with one attached hydrogen (secondary N) is 1. The molecule has 2 rings (SSSR count). The summed E-state index contributed by atoms with van der Waals surface area (Å²) < 4.78 is 5.34. The van der Waals surface area contributed by atoms with Crippen molar-refractivity contribution in [1.82, 2.24) is 9.97 Å². The lowest BCUT2D eigenvalue weighted by Crippen LogP contribution is -2.37. The van der Waals surface area contributed by atoms with Crippen molar-refractivity contribution in [3.63, 3.8) is 0 Å². The number of anilines is 1. The van der Waals surface area contributed by atoms with E-state index >= 15 is 0 Å². The summed E-state index contributed by atoms with van der Waals surface area (Å²) in [7, 11) is 0. The Morgan fingerprint density at radius 2 is 1.88 bits per heavy atom. The Hall–Kier alpha value is -1.49. The highest BCUT2D eigenvalue weighted by atomic mass is 16.5. The molecule has 1 aromatic rings. The van der Waals surface area contributed by atoms with Crippen molar-refractivity contribution in [3.8, 4) is 0 Å². The maximum Gasteiger partial charge on any atom is 0.136 e. The van der Waals surface area contributed by atoms with Crippen LogP contribution < -0.4 is 4.90 Å². The Labute approximate surface area is 101 Å². The monoisotopic (exact) mass is 234 g/mol. The molecule has 0 spiro atoms. The predicted molar refractivity (Wildman–Crippen MR) is 67.0 cm³/mol. The number of hydrogen-bond donors (Lipinski definition) is 1. The largest absolute Gasteiger partial charge is 0.378 e. The summed E-state index contributed by atoms with van der Waals surface area (Å²) in [6.45, 7) is 8.80. The summed E-state index contributed by atoms with van der Waals surface area (Å²) in [5.41, 5.74) is 2.23. The first-order chi connectivity index (χ1) is 8.09. The molecule has 0 aliphatic carbocycles. The fraction of sp³-hybridized carbons (Fsp3) is 0.583. The Bertz CT molecular complexity index is 438. The SMILES string of the molecule is CC(=N)c1nc(C)nc(N2CCOCC2)c1C. The van der Waals surface area contributed by atoms with E-state index in [-0.39, 0.29) is 0 Å². The van der Waals surface area contributed by atoms with Gasteiger partial charge in [0.1, 0.15) is 11.6 Å². The highest BCUT2D eigenvalue weighted by Crippen LogP contribution is 2.21. The molecule has 0 unspecified atom stereocenters. The van der Waals surface area contributed by atoms with Gasteiger partial charge in [0.05, 0.1) is 24.6 Å². The second-order valence-corrected chi connectivity index (χ2v) is 4.29. The number of hydrogen-bond acceptors (Lipinski definition) is 5. The first-order valence-corrected chi connectivity index (χ1v) is 5.83. The molecular weight excluding hydrogens is 216 g/mol. The number of rotatable bonds is 2. The van der Waals surface area contributed by atoms with Gasteiger partial charge < -0.3 is 15.0 Å². The van der Waals surface area contributed by atoms with Crippen molar-refractivity contribution in [3.05, 3.63) is 17.1 Å². The van der Waals surface area contributed by atoms with Crippen LogP contribution in [0, 0.1) is 19.3 Å². The van der Waals surface area contributed by atoms with Crippen molar-refractivity contribution in [2.45, 2.75) is 20.8 Å². The van der Waals surface area contributed by atoms with Gasteiger partial charge in [0.2, 0.25) is 0 Å². The van der Waals surface area contributed by atoms with Crippen molar-refractivity contribution in [2.75, 3.05) is 31.2 Å². The molecule has 1 fully saturated rings. The first-order valence-electron chi connectivity index (χ1n) is 5.83. The molecule has 17 heavy (non-hydrogen) atoms. The van der Waals surface area contributed by atoms with Crippen LogP contribution in [-0.4, -0.2) is 42.0 Å². The topological polar surface area (TPSA) is 62.1 Å². The zero-order valence-electron chi connectivity index (χ0n) is 10.6. The maximum absolute atomic E-state index is 7.75. The normalized spacial score (nSPS) is 16.1. The fourth-order valence-corrected chi connectivity index (χ4v) is 2.06. The van der Waals surface area contributed by atoms with E-state index in [4.69, 9.17) is 10.1 Å². The highest BCUT2D eigenvalue weighted by Gasteiger charge is 2.18. The van der Waals surface area contributed by atoms with E-state index in [1.807, 2.05) is 13.8 Å². The Morgan fingerprint density at radius 1 is 1.24 bits per heavy atom. The predicted octanol–water partition coefficient (Wildman–Crippen LogP) is 1.32. The molecule has 1 aliphatic heterocycles. The van der Waals surface area contributed by atoms with Crippen LogP contribution >= 0.6 is 0 Å². The summed E-state index contributed by atoms with van der Waals surface area (Å²) >= 11 is 0. The number of morpholine rings is 1. The van der Waals surface area contributed by atoms with Gasteiger partial charge in [-0.05, 0) is 20.8 Å². The van der Waals surface area contributed by atoms with E-state index in [0.717, 1.165) is 49.2 Å². The molecule has 1 aromatic heterocycles. The molecule has 1 aliphatic rings. The van der Waals surface area contributed by atoms with Crippen LogP contribution in [0.4, 0.5) is 5.82 Å². The quantitative estimate of drug-likeness (QED) is 0.784. The van der Waals surface area contributed by atoms with E-state index in [0.29, 0.717) is 5.71 Å². The highest BCUT2D eigenvalue weighted by molar-refractivity contribution is 5.96. The van der Waals surface area contributed by atoms with Crippen molar-refractivity contribution in [1.29, 1.82) is 5.41 Å². The summed E-state index contributed by atoms with van der Waals surface area (Å²) in [5.74, 6) is 1.67. The molecule has 1 N–H and O–H groups in total. The lowest BCUT2D eigenvalue weighted by molar-refractivity contribution is 0.122. The Morgan fingerprint density at radius 3 is 2.47 bits per heavy atom. The average molecular weight is 234 g/mol. The average Bonchev–Trinajstić information content (AvgIpc) is 2.32. The minimum atomic E-state index is 0.488. The Balaban J connectivity index is 2.41. The van der Waals surface area contributed by atoms with Gasteiger partial charge in [0.25, 0.3) is 0 Å². The summed E-state index contributed by atoms with van der Waals surface area (Å²) in [6, 6.07) is 0. The molecule has 0 atom stereocenters. The lowest BCUT2D eigenvalue weighted by atomic mass is 10.1. The molecule has 0 bridgehead atoms. The third kappa shape index (κ3) is 2.44. The van der Waals surface area contributed by atoms with Crippen molar-refractivity contribution < 1.29 is 4.74 Å². The number of aromatic nitrogens is 2. The molecular formula is C12H18N4O. The molecule has 0 amide bonds. The first kappa shape index (κ1) is 12.0. The zero-order chi connectivity index (χ0) is 12.4. The molecule has 0 radical (unpaired) electrons. The molecule has 0 aromatic carbocycles. The second kappa shape index (κ2) is 4.79. The summed E-state index contributed by atoms with van der Waals surface area (Å²) in [5, 5.41) is 7.75. The van der Waals surface area contributed by atoms with Gasteiger partial charge >= 0.3 is 0 Å². The van der Waals surface area contributed by atoms with Crippen LogP contribution in [-0.2, 0) is 4.74 Å². The van der Waals surface area contributed by atoms with E-state index < -0.39 is 0 Å². The standard InChI is InChI=1S/C12H18N4O/c1-8-11(9(2)13)14-10(3)15-12(8)16-4-6-17-7-5-16/h13H,4-7H2,1-3H3. The Kier molecular flexibility index (Phi) is 3.38. The van der Waals surface area contributed by atoms with Gasteiger partial charge in [-0.15, -0.1) is 0 Å².